The predicted octanol–water partition coefficient (Wildman–Crippen LogP) is 5.69. The van der Waals surface area contributed by atoms with Gasteiger partial charge in [0.1, 0.15) is 5.75 Å². The first-order chi connectivity index (χ1) is 9.15. The number of phenolic OH excluding ortho intramolecular Hbond substituents is 1. The zero-order chi connectivity index (χ0) is 14.1. The van der Waals surface area contributed by atoms with Crippen LogP contribution in [0.5, 0.6) is 5.75 Å². The van der Waals surface area contributed by atoms with Crippen LogP contribution in [0.4, 0.5) is 0 Å². The molecule has 1 N–H and O–H groups in total. The monoisotopic (exact) mass is 262 g/mol. The summed E-state index contributed by atoms with van der Waals surface area (Å²) in [5, 5.41) is 9.53. The molecule has 0 heterocycles. The van der Waals surface area contributed by atoms with E-state index in [9.17, 15) is 5.11 Å². The van der Waals surface area contributed by atoms with E-state index in [-0.39, 0.29) is 0 Å². The average molecular weight is 262 g/mol. The van der Waals surface area contributed by atoms with E-state index in [0.29, 0.717) is 5.75 Å². The standard InChI is InChI=1S/C18H30O/c1-4-5-6-7-8-9-10-11-12-18-15(2)13-17(19)14-16(18)3/h13-14,19H,4-12H2,1-3H3. The van der Waals surface area contributed by atoms with Crippen molar-refractivity contribution >= 4 is 0 Å². The summed E-state index contributed by atoms with van der Waals surface area (Å²) in [6.45, 7) is 6.47. The van der Waals surface area contributed by atoms with Crippen LogP contribution in [0.25, 0.3) is 0 Å². The topological polar surface area (TPSA) is 20.2 Å². The Kier molecular flexibility index (Phi) is 7.62. The Labute approximate surface area is 119 Å². The van der Waals surface area contributed by atoms with Crippen molar-refractivity contribution in [1.29, 1.82) is 0 Å². The Hall–Kier alpha value is -0.980. The number of rotatable bonds is 9. The van der Waals surface area contributed by atoms with Gasteiger partial charge in [0.2, 0.25) is 0 Å². The lowest BCUT2D eigenvalue weighted by Crippen LogP contribution is -1.94. The minimum atomic E-state index is 0.398. The second kappa shape index (κ2) is 9.01. The average Bonchev–Trinajstić information content (AvgIpc) is 2.35. The van der Waals surface area contributed by atoms with E-state index in [1.807, 2.05) is 12.1 Å². The maximum atomic E-state index is 9.53. The van der Waals surface area contributed by atoms with E-state index in [1.54, 1.807) is 0 Å². The highest BCUT2D eigenvalue weighted by Crippen LogP contribution is 2.22. The van der Waals surface area contributed by atoms with E-state index in [4.69, 9.17) is 0 Å². The summed E-state index contributed by atoms with van der Waals surface area (Å²) in [6, 6.07) is 3.76. The first kappa shape index (κ1) is 16.1. The quantitative estimate of drug-likeness (QED) is 0.567. The third-order valence-electron chi connectivity index (χ3n) is 3.96. The largest absolute Gasteiger partial charge is 0.508 e. The maximum Gasteiger partial charge on any atom is 0.116 e. The van der Waals surface area contributed by atoms with Gasteiger partial charge in [-0.25, -0.2) is 0 Å². The Morgan fingerprint density at radius 2 is 1.26 bits per heavy atom. The van der Waals surface area contributed by atoms with E-state index in [1.165, 1.54) is 68.1 Å². The van der Waals surface area contributed by atoms with E-state index < -0.39 is 0 Å². The molecule has 0 aliphatic carbocycles. The normalized spacial score (nSPS) is 10.9. The van der Waals surface area contributed by atoms with Gasteiger partial charge in [0.25, 0.3) is 0 Å². The Balaban J connectivity index is 2.19. The van der Waals surface area contributed by atoms with Gasteiger partial charge in [-0.1, -0.05) is 51.9 Å². The number of phenols is 1. The lowest BCUT2D eigenvalue weighted by molar-refractivity contribution is 0.474. The third-order valence-corrected chi connectivity index (χ3v) is 3.96. The molecule has 0 aliphatic heterocycles. The number of benzene rings is 1. The molecule has 1 heteroatoms. The zero-order valence-electron chi connectivity index (χ0n) is 13.0. The minimum absolute atomic E-state index is 0.398. The lowest BCUT2D eigenvalue weighted by Gasteiger charge is -2.10. The van der Waals surface area contributed by atoms with E-state index in [0.717, 1.165) is 6.42 Å². The highest BCUT2D eigenvalue weighted by molar-refractivity contribution is 5.40. The summed E-state index contributed by atoms with van der Waals surface area (Å²) in [5.41, 5.74) is 3.91. The SMILES string of the molecule is CCCCCCCCCCc1c(C)cc(O)cc1C. The van der Waals surface area contributed by atoms with E-state index >= 15 is 0 Å². The number of unbranched alkanes of at least 4 members (excludes halogenated alkanes) is 7. The van der Waals surface area contributed by atoms with Gasteiger partial charge in [-0.3, -0.25) is 0 Å². The summed E-state index contributed by atoms with van der Waals surface area (Å²) in [6.07, 6.45) is 12.1. The number of hydrogen-bond donors (Lipinski definition) is 1. The molecule has 1 nitrogen and oxygen atoms in total. The molecule has 0 aliphatic rings. The molecule has 0 amide bonds. The van der Waals surface area contributed by atoms with Gasteiger partial charge in [-0.15, -0.1) is 0 Å². The van der Waals surface area contributed by atoms with Crippen LogP contribution >= 0.6 is 0 Å². The van der Waals surface area contributed by atoms with Crippen molar-refractivity contribution in [2.24, 2.45) is 0 Å². The highest BCUT2D eigenvalue weighted by atomic mass is 16.3. The van der Waals surface area contributed by atoms with Crippen LogP contribution in [0.3, 0.4) is 0 Å². The van der Waals surface area contributed by atoms with Crippen molar-refractivity contribution in [2.75, 3.05) is 0 Å². The molecule has 0 aromatic heterocycles. The molecule has 0 bridgehead atoms. The van der Waals surface area contributed by atoms with Crippen LogP contribution in [0.2, 0.25) is 0 Å². The Morgan fingerprint density at radius 1 is 0.789 bits per heavy atom. The van der Waals surface area contributed by atoms with Crippen molar-refractivity contribution in [3.63, 3.8) is 0 Å². The molecule has 19 heavy (non-hydrogen) atoms. The van der Waals surface area contributed by atoms with Gasteiger partial charge in [-0.05, 0) is 55.5 Å². The van der Waals surface area contributed by atoms with Crippen LogP contribution in [-0.2, 0) is 6.42 Å². The van der Waals surface area contributed by atoms with Crippen LogP contribution in [0, 0.1) is 13.8 Å². The van der Waals surface area contributed by atoms with Gasteiger partial charge >= 0.3 is 0 Å². The molecule has 1 aromatic carbocycles. The van der Waals surface area contributed by atoms with Gasteiger partial charge < -0.3 is 5.11 Å². The second-order valence-electron chi connectivity index (χ2n) is 5.78. The van der Waals surface area contributed by atoms with Gasteiger partial charge in [0.05, 0.1) is 0 Å². The lowest BCUT2D eigenvalue weighted by atomic mass is 9.96. The fourth-order valence-corrected chi connectivity index (χ4v) is 2.80. The number of hydrogen-bond acceptors (Lipinski definition) is 1. The molecular formula is C18H30O. The third kappa shape index (κ3) is 6.13. The van der Waals surface area contributed by atoms with E-state index in [2.05, 4.69) is 20.8 Å². The number of aromatic hydroxyl groups is 1. The molecule has 0 fully saturated rings. The van der Waals surface area contributed by atoms with Crippen LogP contribution in [0.15, 0.2) is 12.1 Å². The summed E-state index contributed by atoms with van der Waals surface area (Å²) >= 11 is 0. The van der Waals surface area contributed by atoms with Crippen LogP contribution in [-0.4, -0.2) is 5.11 Å². The van der Waals surface area contributed by atoms with Gasteiger partial charge in [0, 0.05) is 0 Å². The van der Waals surface area contributed by atoms with Crippen molar-refractivity contribution in [3.8, 4) is 5.75 Å². The first-order valence-electron chi connectivity index (χ1n) is 7.94. The fraction of sp³-hybridized carbons (Fsp3) is 0.667. The van der Waals surface area contributed by atoms with Crippen molar-refractivity contribution in [3.05, 3.63) is 28.8 Å². The fourth-order valence-electron chi connectivity index (χ4n) is 2.80. The Bertz CT molecular complexity index is 345. The van der Waals surface area contributed by atoms with Crippen LogP contribution < -0.4 is 0 Å². The molecule has 0 radical (unpaired) electrons. The van der Waals surface area contributed by atoms with Crippen LogP contribution in [0.1, 0.15) is 75.0 Å². The predicted molar refractivity (Wildman–Crippen MR) is 83.9 cm³/mol. The molecule has 1 aromatic rings. The van der Waals surface area contributed by atoms with Gasteiger partial charge in [-0.2, -0.15) is 0 Å². The van der Waals surface area contributed by atoms with Crippen molar-refractivity contribution in [2.45, 2.75) is 78.6 Å². The summed E-state index contributed by atoms with van der Waals surface area (Å²) < 4.78 is 0. The number of aryl methyl sites for hydroxylation is 2. The Morgan fingerprint density at radius 3 is 1.79 bits per heavy atom. The maximum absolute atomic E-state index is 9.53. The molecular weight excluding hydrogens is 232 g/mol. The molecule has 108 valence electrons. The molecule has 0 unspecified atom stereocenters. The summed E-state index contributed by atoms with van der Waals surface area (Å²) in [4.78, 5) is 0. The molecule has 0 spiro atoms. The highest BCUT2D eigenvalue weighted by Gasteiger charge is 2.04. The summed E-state index contributed by atoms with van der Waals surface area (Å²) in [5.74, 6) is 0.398. The first-order valence-corrected chi connectivity index (χ1v) is 7.94. The zero-order valence-corrected chi connectivity index (χ0v) is 13.0. The summed E-state index contributed by atoms with van der Waals surface area (Å²) in [7, 11) is 0. The molecule has 1 rings (SSSR count). The second-order valence-corrected chi connectivity index (χ2v) is 5.78. The van der Waals surface area contributed by atoms with Gasteiger partial charge in [0.15, 0.2) is 0 Å². The molecule has 0 saturated heterocycles. The van der Waals surface area contributed by atoms with Crippen molar-refractivity contribution in [1.82, 2.24) is 0 Å². The smallest absolute Gasteiger partial charge is 0.116 e. The minimum Gasteiger partial charge on any atom is -0.508 e. The molecule has 0 atom stereocenters. The van der Waals surface area contributed by atoms with Crippen molar-refractivity contribution < 1.29 is 5.11 Å². The molecule has 0 saturated carbocycles.